The van der Waals surface area contributed by atoms with Crippen molar-refractivity contribution in [3.05, 3.63) is 12.2 Å². The number of hydrogen-bond donors (Lipinski definition) is 0. The van der Waals surface area contributed by atoms with Crippen molar-refractivity contribution in [1.82, 2.24) is 4.90 Å². The minimum atomic E-state index is -0.123. The lowest BCUT2D eigenvalue weighted by atomic mass is 10.1. The lowest BCUT2D eigenvalue weighted by Crippen LogP contribution is -2.30. The van der Waals surface area contributed by atoms with Gasteiger partial charge in [0.25, 0.3) is 0 Å². The van der Waals surface area contributed by atoms with Crippen molar-refractivity contribution >= 4 is 11.8 Å². The first-order chi connectivity index (χ1) is 6.16. The van der Waals surface area contributed by atoms with E-state index in [1.807, 2.05) is 19.1 Å². The van der Waals surface area contributed by atoms with Crippen LogP contribution in [0.1, 0.15) is 26.7 Å². The van der Waals surface area contributed by atoms with Crippen molar-refractivity contribution in [1.29, 1.82) is 0 Å². The fourth-order valence-corrected chi connectivity index (χ4v) is 1.39. The standard InChI is InChI=1S/C10H15NO2/c1-3-4-5-6-11-9(12)7-8(2)10(11)13/h4-5,8H,3,6-7H2,1-2H3/b5-4-. The molecule has 0 spiro atoms. The van der Waals surface area contributed by atoms with Gasteiger partial charge in [0.15, 0.2) is 0 Å². The maximum Gasteiger partial charge on any atom is 0.232 e. The Hall–Kier alpha value is -1.12. The second kappa shape index (κ2) is 4.21. The summed E-state index contributed by atoms with van der Waals surface area (Å²) in [6.07, 6.45) is 5.14. The van der Waals surface area contributed by atoms with E-state index >= 15 is 0 Å². The van der Waals surface area contributed by atoms with Crippen molar-refractivity contribution in [3.8, 4) is 0 Å². The Labute approximate surface area is 78.4 Å². The number of allylic oxidation sites excluding steroid dienone is 1. The minimum absolute atomic E-state index is 0.0363. The molecule has 0 saturated carbocycles. The number of nitrogens with zero attached hydrogens (tertiary/aromatic N) is 1. The van der Waals surface area contributed by atoms with Crippen molar-refractivity contribution in [2.45, 2.75) is 26.7 Å². The molecule has 0 aliphatic carbocycles. The Bertz CT molecular complexity index is 245. The van der Waals surface area contributed by atoms with Crippen LogP contribution in [0.15, 0.2) is 12.2 Å². The molecule has 1 aliphatic rings. The van der Waals surface area contributed by atoms with Gasteiger partial charge in [-0.3, -0.25) is 14.5 Å². The molecule has 72 valence electrons. The van der Waals surface area contributed by atoms with Crippen LogP contribution < -0.4 is 0 Å². The van der Waals surface area contributed by atoms with Gasteiger partial charge >= 0.3 is 0 Å². The van der Waals surface area contributed by atoms with E-state index in [-0.39, 0.29) is 17.7 Å². The molecule has 0 bridgehead atoms. The highest BCUT2D eigenvalue weighted by molar-refractivity contribution is 6.03. The number of amides is 2. The first-order valence-corrected chi connectivity index (χ1v) is 4.66. The summed E-state index contributed by atoms with van der Waals surface area (Å²) in [6, 6.07) is 0. The maximum atomic E-state index is 11.4. The van der Waals surface area contributed by atoms with Gasteiger partial charge < -0.3 is 0 Å². The number of imide groups is 1. The minimum Gasteiger partial charge on any atom is -0.278 e. The van der Waals surface area contributed by atoms with E-state index in [2.05, 4.69) is 0 Å². The van der Waals surface area contributed by atoms with Crippen molar-refractivity contribution in [2.75, 3.05) is 6.54 Å². The molecule has 0 N–H and O–H groups in total. The summed E-state index contributed by atoms with van der Waals surface area (Å²) in [5.74, 6) is -0.202. The third kappa shape index (κ3) is 2.17. The molecule has 1 heterocycles. The van der Waals surface area contributed by atoms with E-state index in [1.165, 1.54) is 4.90 Å². The Balaban J connectivity index is 2.54. The van der Waals surface area contributed by atoms with Crippen LogP contribution >= 0.6 is 0 Å². The van der Waals surface area contributed by atoms with E-state index in [4.69, 9.17) is 0 Å². The molecular weight excluding hydrogens is 166 g/mol. The molecule has 0 radical (unpaired) electrons. The van der Waals surface area contributed by atoms with E-state index in [9.17, 15) is 9.59 Å². The van der Waals surface area contributed by atoms with E-state index in [1.54, 1.807) is 6.92 Å². The second-order valence-electron chi connectivity index (χ2n) is 3.33. The third-order valence-corrected chi connectivity index (χ3v) is 2.16. The molecule has 3 heteroatoms. The van der Waals surface area contributed by atoms with Crippen LogP contribution in [0.3, 0.4) is 0 Å². The molecule has 1 saturated heterocycles. The summed E-state index contributed by atoms with van der Waals surface area (Å²) in [5, 5.41) is 0. The first-order valence-electron chi connectivity index (χ1n) is 4.66. The summed E-state index contributed by atoms with van der Waals surface area (Å²) in [4.78, 5) is 24.0. The second-order valence-corrected chi connectivity index (χ2v) is 3.33. The average Bonchev–Trinajstić information content (AvgIpc) is 2.32. The summed E-state index contributed by atoms with van der Waals surface area (Å²) in [7, 11) is 0. The smallest absolute Gasteiger partial charge is 0.232 e. The fraction of sp³-hybridized carbons (Fsp3) is 0.600. The Morgan fingerprint density at radius 1 is 1.46 bits per heavy atom. The molecule has 1 aliphatic heterocycles. The molecule has 0 aromatic rings. The van der Waals surface area contributed by atoms with Crippen LogP contribution in [0, 0.1) is 5.92 Å². The summed E-state index contributed by atoms with van der Waals surface area (Å²) in [6.45, 7) is 4.26. The van der Waals surface area contributed by atoms with Gasteiger partial charge in [0.2, 0.25) is 11.8 Å². The van der Waals surface area contributed by atoms with Gasteiger partial charge in [0.1, 0.15) is 0 Å². The highest BCUT2D eigenvalue weighted by Crippen LogP contribution is 2.18. The number of carbonyl (C=O) groups excluding carboxylic acids is 2. The van der Waals surface area contributed by atoms with Gasteiger partial charge in [-0.1, -0.05) is 26.0 Å². The Morgan fingerprint density at radius 3 is 2.62 bits per heavy atom. The highest BCUT2D eigenvalue weighted by Gasteiger charge is 2.34. The van der Waals surface area contributed by atoms with Crippen molar-refractivity contribution < 1.29 is 9.59 Å². The molecule has 13 heavy (non-hydrogen) atoms. The largest absolute Gasteiger partial charge is 0.278 e. The Morgan fingerprint density at radius 2 is 2.15 bits per heavy atom. The molecular formula is C10H15NO2. The van der Waals surface area contributed by atoms with E-state index in [0.717, 1.165) is 6.42 Å². The summed E-state index contributed by atoms with van der Waals surface area (Å²) >= 11 is 0. The van der Waals surface area contributed by atoms with Crippen molar-refractivity contribution in [2.24, 2.45) is 5.92 Å². The summed E-state index contributed by atoms with van der Waals surface area (Å²) in [5.41, 5.74) is 0. The lowest BCUT2D eigenvalue weighted by molar-refractivity contribution is -0.138. The molecule has 1 rings (SSSR count). The Kier molecular flexibility index (Phi) is 3.23. The topological polar surface area (TPSA) is 37.4 Å². The van der Waals surface area contributed by atoms with Gasteiger partial charge in [-0.05, 0) is 6.42 Å². The number of hydrogen-bond acceptors (Lipinski definition) is 2. The van der Waals surface area contributed by atoms with Gasteiger partial charge in [-0.2, -0.15) is 0 Å². The monoisotopic (exact) mass is 181 g/mol. The summed E-state index contributed by atoms with van der Waals surface area (Å²) < 4.78 is 0. The molecule has 0 aromatic carbocycles. The van der Waals surface area contributed by atoms with Crippen LogP contribution in [-0.4, -0.2) is 23.3 Å². The quantitative estimate of drug-likeness (QED) is 0.487. The number of rotatable bonds is 3. The maximum absolute atomic E-state index is 11.4. The molecule has 2 amide bonds. The van der Waals surface area contributed by atoms with Crippen molar-refractivity contribution in [3.63, 3.8) is 0 Å². The molecule has 1 fully saturated rings. The average molecular weight is 181 g/mol. The van der Waals surface area contributed by atoms with Gasteiger partial charge in [-0.25, -0.2) is 0 Å². The SMILES string of the molecule is CC/C=C\CN1C(=O)CC(C)C1=O. The normalized spacial score (nSPS) is 23.5. The van der Waals surface area contributed by atoms with Crippen LogP contribution in [0.2, 0.25) is 0 Å². The fourth-order valence-electron chi connectivity index (χ4n) is 1.39. The number of likely N-dealkylation sites (tertiary alicyclic amines) is 1. The van der Waals surface area contributed by atoms with Gasteiger partial charge in [0.05, 0.1) is 0 Å². The van der Waals surface area contributed by atoms with Crippen LogP contribution in [-0.2, 0) is 9.59 Å². The van der Waals surface area contributed by atoms with Crippen LogP contribution in [0.5, 0.6) is 0 Å². The number of carbonyl (C=O) groups is 2. The zero-order valence-electron chi connectivity index (χ0n) is 8.12. The van der Waals surface area contributed by atoms with Crippen LogP contribution in [0.4, 0.5) is 0 Å². The molecule has 3 nitrogen and oxygen atoms in total. The van der Waals surface area contributed by atoms with E-state index in [0.29, 0.717) is 13.0 Å². The lowest BCUT2D eigenvalue weighted by Gasteiger charge is -2.10. The third-order valence-electron chi connectivity index (χ3n) is 2.16. The van der Waals surface area contributed by atoms with Crippen LogP contribution in [0.25, 0.3) is 0 Å². The molecule has 1 atom stereocenters. The first kappa shape index (κ1) is 9.96. The molecule has 0 aromatic heterocycles. The predicted octanol–water partition coefficient (Wildman–Crippen LogP) is 1.35. The molecule has 1 unspecified atom stereocenters. The predicted molar refractivity (Wildman–Crippen MR) is 49.9 cm³/mol. The zero-order chi connectivity index (χ0) is 9.84. The zero-order valence-corrected chi connectivity index (χ0v) is 8.12. The van der Waals surface area contributed by atoms with Gasteiger partial charge in [0, 0.05) is 18.9 Å². The van der Waals surface area contributed by atoms with E-state index < -0.39 is 0 Å². The highest BCUT2D eigenvalue weighted by atomic mass is 16.2. The van der Waals surface area contributed by atoms with Gasteiger partial charge in [-0.15, -0.1) is 0 Å².